The molecule has 1 saturated heterocycles. The molecular weight excluding hydrogens is 687 g/mol. The maximum atomic E-state index is 10.6. The zero-order valence-electron chi connectivity index (χ0n) is 25.7. The first kappa shape index (κ1) is 40.5. The molecule has 12 nitrogen and oxygen atoms in total. The van der Waals surface area contributed by atoms with Gasteiger partial charge < -0.3 is 19.9 Å². The third-order valence-corrected chi connectivity index (χ3v) is 7.31. The van der Waals surface area contributed by atoms with Gasteiger partial charge in [-0.3, -0.25) is 14.5 Å². The second-order valence-corrected chi connectivity index (χ2v) is 10.6. The number of halogens is 9. The highest BCUT2D eigenvalue weighted by Crippen LogP contribution is 2.41. The van der Waals surface area contributed by atoms with Gasteiger partial charge in [-0.15, -0.1) is 0 Å². The van der Waals surface area contributed by atoms with Crippen LogP contribution in [0.5, 0.6) is 0 Å². The summed E-state index contributed by atoms with van der Waals surface area (Å²) in [7, 11) is 4.26. The number of nitrogens with zero attached hydrogens (tertiary/aromatic N) is 6. The number of likely N-dealkylation sites (tertiary alicyclic amines) is 1. The van der Waals surface area contributed by atoms with Crippen LogP contribution < -0.4 is 0 Å². The molecule has 2 aromatic heterocycles. The quantitative estimate of drug-likeness (QED) is 0.327. The largest absolute Gasteiger partial charge is 0.490 e. The normalized spacial score (nSPS) is 16.1. The lowest BCUT2D eigenvalue weighted by atomic mass is 9.83. The van der Waals surface area contributed by atoms with Crippen molar-refractivity contribution in [1.82, 2.24) is 29.1 Å². The SMILES string of the molecule is CN1CCn2c(-c3ccccc3)cnc2C12CCN(Cc1cnn(C)c1)CC2.O=C(O)C(F)(F)F.O=C(O)C(F)(F)F.O=C(O)C(F)(F)F. The molecule has 0 saturated carbocycles. The highest BCUT2D eigenvalue weighted by Gasteiger charge is 2.45. The van der Waals surface area contributed by atoms with E-state index < -0.39 is 36.4 Å². The van der Waals surface area contributed by atoms with Crippen molar-refractivity contribution in [3.8, 4) is 11.3 Å². The van der Waals surface area contributed by atoms with E-state index in [1.807, 2.05) is 17.9 Å². The number of piperidine rings is 1. The van der Waals surface area contributed by atoms with Crippen LogP contribution in [-0.2, 0) is 40.1 Å². The van der Waals surface area contributed by atoms with Crippen LogP contribution >= 0.6 is 0 Å². The molecular formula is C28H31F9N6O6. The molecule has 5 rings (SSSR count). The molecule has 49 heavy (non-hydrogen) atoms. The lowest BCUT2D eigenvalue weighted by Crippen LogP contribution is -2.56. The third-order valence-electron chi connectivity index (χ3n) is 7.31. The van der Waals surface area contributed by atoms with E-state index in [1.165, 1.54) is 22.6 Å². The number of benzene rings is 1. The molecule has 0 amide bonds. The number of aryl methyl sites for hydroxylation is 1. The first-order valence-electron chi connectivity index (χ1n) is 13.9. The van der Waals surface area contributed by atoms with Gasteiger partial charge in [0.25, 0.3) is 0 Å². The van der Waals surface area contributed by atoms with Gasteiger partial charge in [-0.2, -0.15) is 44.6 Å². The van der Waals surface area contributed by atoms with Crippen molar-refractivity contribution in [2.24, 2.45) is 7.05 Å². The van der Waals surface area contributed by atoms with Crippen LogP contribution in [-0.4, -0.2) is 108 Å². The Kier molecular flexibility index (Phi) is 13.4. The van der Waals surface area contributed by atoms with E-state index in [1.54, 1.807) is 0 Å². The van der Waals surface area contributed by atoms with E-state index in [0.717, 1.165) is 45.6 Å². The number of hydrogen-bond acceptors (Lipinski definition) is 7. The molecule has 0 aliphatic carbocycles. The highest BCUT2D eigenvalue weighted by atomic mass is 19.4. The Morgan fingerprint density at radius 1 is 0.755 bits per heavy atom. The summed E-state index contributed by atoms with van der Waals surface area (Å²) in [6.07, 6.45) is -6.83. The zero-order valence-corrected chi connectivity index (χ0v) is 25.7. The predicted molar refractivity (Wildman–Crippen MR) is 151 cm³/mol. The third kappa shape index (κ3) is 11.5. The van der Waals surface area contributed by atoms with Gasteiger partial charge in [0, 0.05) is 51.5 Å². The van der Waals surface area contributed by atoms with Crippen LogP contribution in [0.1, 0.15) is 24.2 Å². The first-order chi connectivity index (χ1) is 22.5. The molecule has 1 aromatic carbocycles. The van der Waals surface area contributed by atoms with E-state index in [-0.39, 0.29) is 5.54 Å². The van der Waals surface area contributed by atoms with Gasteiger partial charge in [-0.1, -0.05) is 30.3 Å². The van der Waals surface area contributed by atoms with Crippen molar-refractivity contribution in [2.75, 3.05) is 26.7 Å². The smallest absolute Gasteiger partial charge is 0.475 e. The van der Waals surface area contributed by atoms with Gasteiger partial charge in [0.1, 0.15) is 5.82 Å². The van der Waals surface area contributed by atoms with Crippen molar-refractivity contribution >= 4 is 17.9 Å². The summed E-state index contributed by atoms with van der Waals surface area (Å²) in [6.45, 7) is 5.25. The number of aromatic nitrogens is 4. The number of carboxylic acid groups (broad SMARTS) is 3. The first-order valence-corrected chi connectivity index (χ1v) is 13.9. The second kappa shape index (κ2) is 16.2. The summed E-state index contributed by atoms with van der Waals surface area (Å²) < 4.78 is 99.6. The predicted octanol–water partition coefficient (Wildman–Crippen LogP) is 4.62. The number of carbonyl (C=O) groups is 3. The molecule has 4 heterocycles. The fourth-order valence-corrected chi connectivity index (χ4v) is 4.95. The van der Waals surface area contributed by atoms with Crippen molar-refractivity contribution in [3.63, 3.8) is 0 Å². The van der Waals surface area contributed by atoms with Crippen molar-refractivity contribution in [3.05, 3.63) is 60.3 Å². The zero-order chi connectivity index (χ0) is 37.4. The number of rotatable bonds is 3. The van der Waals surface area contributed by atoms with E-state index in [9.17, 15) is 39.5 Å². The van der Waals surface area contributed by atoms with Gasteiger partial charge in [0.05, 0.1) is 23.6 Å². The van der Waals surface area contributed by atoms with Crippen LogP contribution in [0.4, 0.5) is 39.5 Å². The van der Waals surface area contributed by atoms with E-state index in [4.69, 9.17) is 34.7 Å². The Hall–Kier alpha value is -4.66. The fraction of sp³-hybridized carbons (Fsp3) is 0.464. The van der Waals surface area contributed by atoms with Crippen LogP contribution in [0.3, 0.4) is 0 Å². The maximum Gasteiger partial charge on any atom is 0.490 e. The highest BCUT2D eigenvalue weighted by molar-refractivity contribution is 5.73. The molecule has 3 aromatic rings. The number of fused-ring (bicyclic) bond motifs is 2. The minimum atomic E-state index is -5.08. The Balaban J connectivity index is 0.000000325. The molecule has 272 valence electrons. The minimum Gasteiger partial charge on any atom is -0.475 e. The summed E-state index contributed by atoms with van der Waals surface area (Å²) in [5, 5.41) is 25.7. The van der Waals surface area contributed by atoms with E-state index in [0.29, 0.717) is 0 Å². The summed E-state index contributed by atoms with van der Waals surface area (Å²) in [4.78, 5) is 36.7. The van der Waals surface area contributed by atoms with Gasteiger partial charge in [0.15, 0.2) is 0 Å². The minimum absolute atomic E-state index is 0.0523. The molecule has 0 bridgehead atoms. The maximum absolute atomic E-state index is 10.6. The van der Waals surface area contributed by atoms with Crippen molar-refractivity contribution < 1.29 is 69.2 Å². The average Bonchev–Trinajstić information content (AvgIpc) is 3.62. The number of hydrogen-bond donors (Lipinski definition) is 3. The van der Waals surface area contributed by atoms with Crippen molar-refractivity contribution in [2.45, 2.75) is 50.0 Å². The standard InChI is InChI=1S/C22H28N6.3C2HF3O2/c1-25-12-13-28-20(19-6-4-3-5-7-19)15-23-21(28)22(25)8-10-27(11-9-22)17-18-14-24-26(2)16-18;3*3-2(4,5)1(6)7/h3-7,14-16H,8-13,17H2,1-2H3;3*(H,6,7). The van der Waals surface area contributed by atoms with E-state index >= 15 is 0 Å². The van der Waals surface area contributed by atoms with Gasteiger partial charge >= 0.3 is 36.4 Å². The lowest BCUT2D eigenvalue weighted by molar-refractivity contribution is -0.193. The molecule has 0 atom stereocenters. The molecule has 0 unspecified atom stereocenters. The average molecular weight is 719 g/mol. The van der Waals surface area contributed by atoms with Gasteiger partial charge in [-0.25, -0.2) is 19.4 Å². The van der Waals surface area contributed by atoms with Gasteiger partial charge in [-0.05, 0) is 25.5 Å². The summed E-state index contributed by atoms with van der Waals surface area (Å²) in [5.74, 6) is -7.02. The topological polar surface area (TPSA) is 154 Å². The lowest BCUT2D eigenvalue weighted by Gasteiger charge is -2.49. The molecule has 2 aliphatic rings. The fourth-order valence-electron chi connectivity index (χ4n) is 4.95. The van der Waals surface area contributed by atoms with Crippen LogP contribution in [0.15, 0.2) is 48.9 Å². The van der Waals surface area contributed by atoms with Crippen molar-refractivity contribution in [1.29, 1.82) is 0 Å². The molecule has 1 fully saturated rings. The number of aliphatic carboxylic acids is 3. The Morgan fingerprint density at radius 3 is 1.63 bits per heavy atom. The Bertz CT molecular complexity index is 1490. The second-order valence-electron chi connectivity index (χ2n) is 10.6. The van der Waals surface area contributed by atoms with Crippen LogP contribution in [0, 0.1) is 0 Å². The number of alkyl halides is 9. The molecule has 21 heteroatoms. The molecule has 0 radical (unpaired) electrons. The van der Waals surface area contributed by atoms with E-state index in [2.05, 4.69) is 69.2 Å². The van der Waals surface area contributed by atoms with Gasteiger partial charge in [0.2, 0.25) is 0 Å². The number of carboxylic acids is 3. The Labute approximate surface area is 272 Å². The molecule has 1 spiro atoms. The monoisotopic (exact) mass is 718 g/mol. The van der Waals surface area contributed by atoms with Crippen LogP contribution in [0.2, 0.25) is 0 Å². The summed E-state index contributed by atoms with van der Waals surface area (Å²) in [5.41, 5.74) is 3.86. The Morgan fingerprint density at radius 2 is 1.22 bits per heavy atom. The molecule has 2 aliphatic heterocycles. The number of imidazole rings is 1. The molecule has 3 N–H and O–H groups in total. The van der Waals surface area contributed by atoms with Crippen LogP contribution in [0.25, 0.3) is 11.3 Å². The summed E-state index contributed by atoms with van der Waals surface area (Å²) >= 11 is 0. The number of likely N-dealkylation sites (N-methyl/N-ethyl adjacent to an activating group) is 1. The summed E-state index contributed by atoms with van der Waals surface area (Å²) in [6, 6.07) is 10.7.